The first-order valence-corrected chi connectivity index (χ1v) is 28.3. The summed E-state index contributed by atoms with van der Waals surface area (Å²) in [6, 6.07) is 35.8. The van der Waals surface area contributed by atoms with E-state index >= 15 is 0 Å². The number of carbonyl (C=O) groups excluding carboxylic acids is 7. The van der Waals surface area contributed by atoms with Crippen molar-refractivity contribution in [3.63, 3.8) is 0 Å². The van der Waals surface area contributed by atoms with Gasteiger partial charge in [-0.3, -0.25) is 24.2 Å². The van der Waals surface area contributed by atoms with Gasteiger partial charge in [0, 0.05) is 44.6 Å². The van der Waals surface area contributed by atoms with Crippen LogP contribution in [-0.4, -0.2) is 99.4 Å². The molecule has 3 heterocycles. The molecule has 3 aliphatic heterocycles. The maximum atomic E-state index is 12.3. The molecule has 3 unspecified atom stereocenters. The molecule has 5 aromatic carbocycles. The minimum atomic E-state index is -3.35. The van der Waals surface area contributed by atoms with E-state index in [2.05, 4.69) is 76.5 Å². The third-order valence-corrected chi connectivity index (χ3v) is 19.4. The van der Waals surface area contributed by atoms with Gasteiger partial charge in [0.15, 0.2) is 5.78 Å². The molecule has 5 aromatic rings. The van der Waals surface area contributed by atoms with Gasteiger partial charge in [0.1, 0.15) is 6.10 Å². The summed E-state index contributed by atoms with van der Waals surface area (Å²) < 4.78 is 18.4. The Bertz CT molecular complexity index is 3190. The second kappa shape index (κ2) is 21.7. The van der Waals surface area contributed by atoms with Crippen molar-refractivity contribution in [2.24, 2.45) is 0 Å². The summed E-state index contributed by atoms with van der Waals surface area (Å²) in [5, 5.41) is 10.3. The molecular weight excluding hydrogens is 1070 g/mol. The fourth-order valence-electron chi connectivity index (χ4n) is 11.4. The normalized spacial score (nSPS) is 20.6. The number of esters is 3. The number of alkyl halides is 1. The van der Waals surface area contributed by atoms with Crippen LogP contribution in [0.3, 0.4) is 0 Å². The van der Waals surface area contributed by atoms with Crippen LogP contribution in [0.5, 0.6) is 0 Å². The average molecular weight is 1130 g/mol. The number of halogens is 1. The first-order chi connectivity index (χ1) is 36.2. The van der Waals surface area contributed by atoms with Crippen LogP contribution in [0.4, 0.5) is 0 Å². The van der Waals surface area contributed by atoms with E-state index in [9.17, 15) is 38.7 Å². The summed E-state index contributed by atoms with van der Waals surface area (Å²) in [5.74, 6) is -3.06. The number of aliphatic hydroxyl groups is 1. The molecule has 0 radical (unpaired) electrons. The molecule has 0 bridgehead atoms. The molecule has 0 aromatic heterocycles. The van der Waals surface area contributed by atoms with Gasteiger partial charge in [-0.25, -0.2) is 0 Å². The number of rotatable bonds is 10. The summed E-state index contributed by atoms with van der Waals surface area (Å²) in [5.41, 5.74) is 14.6. The second-order valence-corrected chi connectivity index (χ2v) is 24.1. The van der Waals surface area contributed by atoms with Crippen molar-refractivity contribution in [2.45, 2.75) is 81.2 Å². The molecule has 12 rings (SSSR count). The van der Waals surface area contributed by atoms with Crippen LogP contribution in [0, 0.1) is 3.57 Å². The van der Waals surface area contributed by atoms with Gasteiger partial charge in [0.25, 0.3) is 0 Å². The number of ether oxygens (including phenoxy) is 3. The Labute approximate surface area is 442 Å². The quantitative estimate of drug-likeness (QED) is 0.0462. The van der Waals surface area contributed by atoms with Crippen LogP contribution in [0.15, 0.2) is 121 Å². The number of hydrogen-bond donors (Lipinski definition) is 1. The molecule has 2 saturated heterocycles. The predicted octanol–water partition coefficient (Wildman–Crippen LogP) is 8.45. The summed E-state index contributed by atoms with van der Waals surface area (Å²) in [4.78, 5) is 87.4. The number of aliphatic hydroxyl groups excluding tert-OH is 1. The molecule has 0 saturated carbocycles. The Kier molecular flexibility index (Phi) is 14.9. The number of hydrogen-bond acceptors (Lipinski definition) is 14. The molecule has 0 amide bonds. The van der Waals surface area contributed by atoms with E-state index in [1.165, 1.54) is 45.0 Å². The maximum Gasteiger partial charge on any atom is 0.229 e. The van der Waals surface area contributed by atoms with Gasteiger partial charge in [-0.15, -0.1) is 0 Å². The van der Waals surface area contributed by atoms with E-state index in [1.54, 1.807) is 18.2 Å². The molecule has 4 aliphatic carbocycles. The number of ketones is 3. The van der Waals surface area contributed by atoms with E-state index in [4.69, 9.17) is 17.3 Å². The predicted molar refractivity (Wildman–Crippen MR) is 286 cm³/mol. The Hall–Kier alpha value is -6.92. The number of likely N-dealkylation sites (tertiary alicyclic amines) is 2. The number of Topliss-reactive ketones (excluding diaryl/α,β-unsaturated/α-hetero) is 3. The maximum absolute atomic E-state index is 12.3. The smallest absolute Gasteiger partial charge is 0.229 e. The Balaban J connectivity index is 0.000000129. The largest absolute Gasteiger partial charge is 0.381 e. The summed E-state index contributed by atoms with van der Waals surface area (Å²) in [6.07, 6.45) is 8.67. The number of carbonyl (C=O) groups is 7. The summed E-state index contributed by atoms with van der Waals surface area (Å²) in [7, 11) is 0. The van der Waals surface area contributed by atoms with Gasteiger partial charge in [0.05, 0.1) is 0 Å². The number of allylic oxidation sites excluding steroid dienone is 2. The van der Waals surface area contributed by atoms with Crippen LogP contribution < -0.4 is 0 Å². The Morgan fingerprint density at radius 2 is 1.11 bits per heavy atom. The van der Waals surface area contributed by atoms with Crippen molar-refractivity contribution in [2.75, 3.05) is 39.3 Å². The third-order valence-electron chi connectivity index (χ3n) is 14.7. The fraction of sp³-hybridized carbons (Fsp3) is 0.317. The molecule has 0 spiro atoms. The molecule has 15 heteroatoms. The number of nitrogens with zero attached hydrogens (tertiary/aromatic N) is 2. The van der Waals surface area contributed by atoms with Gasteiger partial charge >= 0.3 is 139 Å². The van der Waals surface area contributed by atoms with E-state index in [1.807, 2.05) is 30.3 Å². The number of fused-ring (bicyclic) bond motifs is 5. The van der Waals surface area contributed by atoms with Crippen molar-refractivity contribution in [1.29, 1.82) is 0 Å². The molecule has 386 valence electrons. The zero-order valence-corrected chi connectivity index (χ0v) is 44.1. The SMILES string of the molecule is CC(=O)OC(OC(C)=O)(OC(C)=O)I1OC(=O)c2ccccc21.O=C1Cc2cccc(C3CCN(CC4=CCc5ccccc54)C3)c2C1=O.O=C1Cc2cccc(C3CCN(CC4=CCc5ccccc54)C3)c2C1O. The van der Waals surface area contributed by atoms with Crippen LogP contribution in [-0.2, 0) is 66.9 Å². The van der Waals surface area contributed by atoms with Crippen molar-refractivity contribution in [1.82, 2.24) is 9.80 Å². The van der Waals surface area contributed by atoms with E-state index in [0.717, 1.165) is 108 Å². The van der Waals surface area contributed by atoms with Crippen LogP contribution >= 0.6 is 20.2 Å². The summed E-state index contributed by atoms with van der Waals surface area (Å²) >= 11 is -3.35. The van der Waals surface area contributed by atoms with Crippen LogP contribution in [0.2, 0.25) is 0 Å². The molecule has 1 N–H and O–H groups in total. The molecule has 7 aliphatic rings. The number of benzene rings is 5. The van der Waals surface area contributed by atoms with Gasteiger partial charge in [0.2, 0.25) is 11.6 Å². The van der Waals surface area contributed by atoms with E-state index in [-0.39, 0.29) is 29.3 Å². The van der Waals surface area contributed by atoms with Crippen LogP contribution in [0.25, 0.3) is 11.1 Å². The zero-order chi connectivity index (χ0) is 52.5. The van der Waals surface area contributed by atoms with Gasteiger partial charge in [-0.05, 0) is 112 Å². The molecule has 14 nitrogen and oxygen atoms in total. The Morgan fingerprint density at radius 1 is 0.613 bits per heavy atom. The van der Waals surface area contributed by atoms with E-state index < -0.39 is 54.2 Å². The van der Waals surface area contributed by atoms with E-state index in [0.29, 0.717) is 27.4 Å². The van der Waals surface area contributed by atoms with Crippen molar-refractivity contribution in [3.05, 3.63) is 186 Å². The van der Waals surface area contributed by atoms with Crippen LogP contribution in [0.1, 0.15) is 122 Å². The van der Waals surface area contributed by atoms with Gasteiger partial charge < -0.3 is 5.11 Å². The minimum absolute atomic E-state index is 0.0602. The third kappa shape index (κ3) is 10.7. The van der Waals surface area contributed by atoms with Crippen molar-refractivity contribution < 1.29 is 55.9 Å². The molecule has 2 fully saturated rings. The molecule has 3 atom stereocenters. The molecular formula is C60H57IN2O12. The average Bonchev–Trinajstić information content (AvgIpc) is 4.30. The van der Waals surface area contributed by atoms with Gasteiger partial charge in [-0.2, -0.15) is 0 Å². The first-order valence-electron chi connectivity index (χ1n) is 25.3. The second-order valence-electron chi connectivity index (χ2n) is 19.8. The minimum Gasteiger partial charge on any atom is -0.381 e. The topological polar surface area (TPSA) is 183 Å². The zero-order valence-electron chi connectivity index (χ0n) is 42.0. The monoisotopic (exact) mass is 1120 g/mol. The van der Waals surface area contributed by atoms with Crippen molar-refractivity contribution >= 4 is 72.6 Å². The standard InChI is InChI=1S/C23H23NO2.C23H21NO2.C14H13IO8/c2*25-21-12-16-5-3-7-20(22(16)23(21)26)18-10-11-24(14-18)13-17-9-8-15-4-1-2-6-19(15)17;1-8(16)20-14(21-9(2)17,22-10(3)18)15-12-7-5-4-6-11(12)13(19)23-15/h1-7,9,18,23,26H,8,10-14H2;1-7,9,18H,8,10-14H2;4-7H,1-3H3. The molecule has 75 heavy (non-hydrogen) atoms. The van der Waals surface area contributed by atoms with Crippen molar-refractivity contribution in [3.8, 4) is 0 Å². The summed E-state index contributed by atoms with van der Waals surface area (Å²) in [6.45, 7) is 9.19. The van der Waals surface area contributed by atoms with Gasteiger partial charge in [-0.1, -0.05) is 97.1 Å². The Morgan fingerprint density at radius 3 is 1.68 bits per heavy atom. The first kappa shape index (κ1) is 51.6. The fourth-order valence-corrected chi connectivity index (χ4v) is 16.3.